The van der Waals surface area contributed by atoms with Crippen molar-refractivity contribution in [1.29, 1.82) is 0 Å². The maximum Gasteiger partial charge on any atom is 0.416 e. The Bertz CT molecular complexity index is 1640. The zero-order chi connectivity index (χ0) is 31.5. The molecule has 1 aliphatic rings. The van der Waals surface area contributed by atoms with Crippen LogP contribution in [-0.2, 0) is 22.4 Å². The number of rotatable bonds is 9. The number of hydrogen-bond acceptors (Lipinski definition) is 7. The van der Waals surface area contributed by atoms with E-state index in [0.717, 1.165) is 12.1 Å². The van der Waals surface area contributed by atoms with Gasteiger partial charge in [0.2, 0.25) is 5.91 Å². The van der Waals surface area contributed by atoms with Crippen LogP contribution in [-0.4, -0.2) is 42.7 Å². The number of carbonyl (C=O) groups excluding carboxylic acids is 3. The fraction of sp³-hybridized carbons (Fsp3) is 0.179. The SMILES string of the molecule is COc1ccc(C(F)(F)F)cc1NC(=O)CN1C(=O)S/C(=C\c2cc(I)c(OCc3ccc(Cl)cc3Cl)c(OC)c2)C1=O. The molecule has 0 unspecified atom stereocenters. The van der Waals surface area contributed by atoms with Crippen molar-refractivity contribution in [2.75, 3.05) is 26.1 Å². The number of nitrogens with one attached hydrogen (secondary N) is 1. The van der Waals surface area contributed by atoms with Crippen LogP contribution in [0.5, 0.6) is 17.2 Å². The summed E-state index contributed by atoms with van der Waals surface area (Å²) in [7, 11) is 2.67. The van der Waals surface area contributed by atoms with Gasteiger partial charge in [0.05, 0.1) is 33.9 Å². The molecule has 0 aromatic heterocycles. The Balaban J connectivity index is 1.48. The van der Waals surface area contributed by atoms with Gasteiger partial charge in [-0.2, -0.15) is 13.2 Å². The molecule has 43 heavy (non-hydrogen) atoms. The highest BCUT2D eigenvalue weighted by Gasteiger charge is 2.37. The van der Waals surface area contributed by atoms with Crippen LogP contribution >= 0.6 is 57.6 Å². The fourth-order valence-corrected chi connectivity index (χ4v) is 5.94. The third-order valence-corrected chi connectivity index (χ3v) is 8.21. The molecule has 0 aliphatic carbocycles. The number of hydrogen-bond donors (Lipinski definition) is 1. The van der Waals surface area contributed by atoms with Crippen LogP contribution in [0.15, 0.2) is 53.4 Å². The van der Waals surface area contributed by atoms with Crippen molar-refractivity contribution in [3.05, 3.63) is 83.7 Å². The van der Waals surface area contributed by atoms with E-state index in [4.69, 9.17) is 37.4 Å². The van der Waals surface area contributed by atoms with Crippen LogP contribution in [0.2, 0.25) is 10.0 Å². The Hall–Kier alpha value is -3.14. The van der Waals surface area contributed by atoms with E-state index in [0.29, 0.717) is 59.0 Å². The lowest BCUT2D eigenvalue weighted by Gasteiger charge is -2.16. The summed E-state index contributed by atoms with van der Waals surface area (Å²) < 4.78 is 56.5. The van der Waals surface area contributed by atoms with Crippen molar-refractivity contribution in [2.24, 2.45) is 0 Å². The van der Waals surface area contributed by atoms with Gasteiger partial charge in [-0.15, -0.1) is 0 Å². The summed E-state index contributed by atoms with van der Waals surface area (Å²) >= 11 is 14.8. The lowest BCUT2D eigenvalue weighted by atomic mass is 10.1. The lowest BCUT2D eigenvalue weighted by Crippen LogP contribution is -2.36. The first-order chi connectivity index (χ1) is 20.3. The number of thioether (sulfide) groups is 1. The van der Waals surface area contributed by atoms with Crippen molar-refractivity contribution >= 4 is 86.4 Å². The molecule has 1 saturated heterocycles. The summed E-state index contributed by atoms with van der Waals surface area (Å²) in [5, 5.41) is 2.49. The van der Waals surface area contributed by atoms with Crippen molar-refractivity contribution < 1.29 is 41.8 Å². The molecule has 1 heterocycles. The van der Waals surface area contributed by atoms with Crippen LogP contribution in [0.1, 0.15) is 16.7 Å². The van der Waals surface area contributed by atoms with Gasteiger partial charge in [0.25, 0.3) is 11.1 Å². The van der Waals surface area contributed by atoms with Gasteiger partial charge in [-0.05, 0) is 88.5 Å². The molecular formula is C28H20Cl2F3IN2O6S. The highest BCUT2D eigenvalue weighted by atomic mass is 127. The number of anilines is 1. The summed E-state index contributed by atoms with van der Waals surface area (Å²) in [6, 6.07) is 10.9. The summed E-state index contributed by atoms with van der Waals surface area (Å²) in [6.45, 7) is -0.586. The van der Waals surface area contributed by atoms with Crippen molar-refractivity contribution in [3.63, 3.8) is 0 Å². The molecule has 1 N–H and O–H groups in total. The van der Waals surface area contributed by atoms with Crippen molar-refractivity contribution in [3.8, 4) is 17.2 Å². The average Bonchev–Trinajstić information content (AvgIpc) is 3.19. The standard InChI is InChI=1S/C28H20Cl2F3IN2O6S/c1-40-21-6-4-16(28(31,32)33)10-20(21)35-24(37)12-36-26(38)23(43-27(36)39)9-14-7-19(34)25(22(8-14)41-2)42-13-15-3-5-17(29)11-18(15)30/h3-11H,12-13H2,1-2H3,(H,35,37)/b23-9-. The summed E-state index contributed by atoms with van der Waals surface area (Å²) in [6.07, 6.45) is -3.19. The maximum atomic E-state index is 13.1. The van der Waals surface area contributed by atoms with E-state index in [9.17, 15) is 27.6 Å². The molecule has 15 heteroatoms. The monoisotopic (exact) mass is 766 g/mol. The molecule has 8 nitrogen and oxygen atoms in total. The van der Waals surface area contributed by atoms with Crippen LogP contribution in [0.3, 0.4) is 0 Å². The van der Waals surface area contributed by atoms with E-state index in [-0.39, 0.29) is 22.9 Å². The maximum absolute atomic E-state index is 13.1. The summed E-state index contributed by atoms with van der Waals surface area (Å²) in [4.78, 5) is 39.0. The molecule has 1 aliphatic heterocycles. The largest absolute Gasteiger partial charge is 0.495 e. The zero-order valence-corrected chi connectivity index (χ0v) is 26.7. The highest BCUT2D eigenvalue weighted by molar-refractivity contribution is 14.1. The number of halogens is 6. The van der Waals surface area contributed by atoms with Gasteiger partial charge in [-0.1, -0.05) is 29.3 Å². The molecule has 4 rings (SSSR count). The van der Waals surface area contributed by atoms with Crippen molar-refractivity contribution in [2.45, 2.75) is 12.8 Å². The molecule has 3 aromatic carbocycles. The predicted octanol–water partition coefficient (Wildman–Crippen LogP) is 7.89. The fourth-order valence-electron chi connectivity index (χ4n) is 3.85. The Morgan fingerprint density at radius 1 is 1.05 bits per heavy atom. The van der Waals surface area contributed by atoms with Crippen molar-refractivity contribution in [1.82, 2.24) is 4.90 Å². The Morgan fingerprint density at radius 2 is 1.77 bits per heavy atom. The predicted molar refractivity (Wildman–Crippen MR) is 166 cm³/mol. The van der Waals surface area contributed by atoms with E-state index < -0.39 is 35.3 Å². The van der Waals surface area contributed by atoms with Crippen LogP contribution in [0.25, 0.3) is 6.08 Å². The van der Waals surface area contributed by atoms with E-state index in [1.54, 1.807) is 30.3 Å². The molecule has 0 atom stereocenters. The van der Waals surface area contributed by atoms with Gasteiger partial charge >= 0.3 is 6.18 Å². The van der Waals surface area contributed by atoms with Gasteiger partial charge in [-0.3, -0.25) is 19.3 Å². The second kappa shape index (κ2) is 13.7. The van der Waals surface area contributed by atoms with E-state index in [1.165, 1.54) is 20.3 Å². The van der Waals surface area contributed by atoms with Gasteiger partial charge < -0.3 is 19.5 Å². The zero-order valence-electron chi connectivity index (χ0n) is 22.2. The molecule has 226 valence electrons. The Labute approximate surface area is 271 Å². The van der Waals surface area contributed by atoms with Crippen LogP contribution < -0.4 is 19.5 Å². The van der Waals surface area contributed by atoms with Crippen LogP contribution in [0, 0.1) is 3.57 Å². The molecule has 3 amide bonds. The van der Waals surface area contributed by atoms with Gasteiger partial charge in [0.1, 0.15) is 18.9 Å². The molecule has 0 radical (unpaired) electrons. The Kier molecular flexibility index (Phi) is 10.4. The minimum atomic E-state index is -4.65. The number of nitrogens with zero attached hydrogens (tertiary/aromatic N) is 1. The normalized spacial score (nSPS) is 14.3. The third-order valence-electron chi connectivity index (χ3n) is 5.91. The molecule has 1 fully saturated rings. The molecule has 0 bridgehead atoms. The molecule has 0 spiro atoms. The lowest BCUT2D eigenvalue weighted by molar-refractivity contribution is -0.137. The summed E-state index contributed by atoms with van der Waals surface area (Å²) in [5.74, 6) is -0.868. The number of methoxy groups -OCH3 is 2. The number of ether oxygens (including phenoxy) is 3. The molecule has 3 aromatic rings. The average molecular weight is 767 g/mol. The first-order valence-electron chi connectivity index (χ1n) is 12.1. The second-order valence-corrected chi connectivity index (χ2v) is 11.8. The van der Waals surface area contributed by atoms with Crippen LogP contribution in [0.4, 0.5) is 23.7 Å². The number of carbonyl (C=O) groups is 3. The number of alkyl halides is 3. The molecule has 0 saturated carbocycles. The minimum Gasteiger partial charge on any atom is -0.495 e. The summed E-state index contributed by atoms with van der Waals surface area (Å²) in [5.41, 5.74) is -0.0425. The highest BCUT2D eigenvalue weighted by Crippen LogP contribution is 2.39. The molecular weight excluding hydrogens is 747 g/mol. The Morgan fingerprint density at radius 3 is 2.42 bits per heavy atom. The topological polar surface area (TPSA) is 94.2 Å². The number of imide groups is 1. The van der Waals surface area contributed by atoms with Gasteiger partial charge in [0, 0.05) is 15.6 Å². The van der Waals surface area contributed by atoms with E-state index >= 15 is 0 Å². The smallest absolute Gasteiger partial charge is 0.416 e. The third kappa shape index (κ3) is 7.88. The van der Waals surface area contributed by atoms with E-state index in [1.807, 2.05) is 22.6 Å². The van der Waals surface area contributed by atoms with Gasteiger partial charge in [-0.25, -0.2) is 0 Å². The number of benzene rings is 3. The quantitative estimate of drug-likeness (QED) is 0.175. The number of amides is 3. The van der Waals surface area contributed by atoms with Gasteiger partial charge in [0.15, 0.2) is 11.5 Å². The first kappa shape index (κ1) is 32.8. The van der Waals surface area contributed by atoms with E-state index in [2.05, 4.69) is 5.32 Å². The second-order valence-electron chi connectivity index (χ2n) is 8.79. The minimum absolute atomic E-state index is 0.0253. The first-order valence-corrected chi connectivity index (χ1v) is 14.7.